The highest BCUT2D eigenvalue weighted by Crippen LogP contribution is 2.27. The summed E-state index contributed by atoms with van der Waals surface area (Å²) in [4.78, 5) is 12.2. The number of hydrogen-bond acceptors (Lipinski definition) is 2. The lowest BCUT2D eigenvalue weighted by atomic mass is 9.97. The number of fused-ring (bicyclic) bond motifs is 1. The first-order valence-corrected chi connectivity index (χ1v) is 6.86. The number of carbonyl (C=O) groups is 1. The Morgan fingerprint density at radius 2 is 1.80 bits per heavy atom. The summed E-state index contributed by atoms with van der Waals surface area (Å²) < 4.78 is 0. The quantitative estimate of drug-likeness (QED) is 0.876. The standard InChI is InChI=1S/C17H18N2O/c1-11-7-8-13(12(2)9-11)10-16-17(20)19-15-6-4-3-5-14(15)18-16/h3-9,16,18H,10H2,1-2H3,(H,19,20). The van der Waals surface area contributed by atoms with Crippen molar-refractivity contribution in [2.45, 2.75) is 26.3 Å². The van der Waals surface area contributed by atoms with E-state index in [0.717, 1.165) is 11.4 Å². The smallest absolute Gasteiger partial charge is 0.247 e. The van der Waals surface area contributed by atoms with E-state index in [1.165, 1.54) is 16.7 Å². The molecule has 0 saturated heterocycles. The molecule has 1 heterocycles. The van der Waals surface area contributed by atoms with Gasteiger partial charge in [0.1, 0.15) is 6.04 Å². The van der Waals surface area contributed by atoms with Gasteiger partial charge >= 0.3 is 0 Å². The van der Waals surface area contributed by atoms with Gasteiger partial charge in [0.25, 0.3) is 0 Å². The van der Waals surface area contributed by atoms with Crippen LogP contribution in [-0.2, 0) is 11.2 Å². The van der Waals surface area contributed by atoms with Crippen LogP contribution in [0.25, 0.3) is 0 Å². The lowest BCUT2D eigenvalue weighted by molar-refractivity contribution is -0.117. The highest BCUT2D eigenvalue weighted by atomic mass is 16.2. The molecule has 0 saturated carbocycles. The molecule has 0 radical (unpaired) electrons. The van der Waals surface area contributed by atoms with E-state index >= 15 is 0 Å². The maximum Gasteiger partial charge on any atom is 0.247 e. The summed E-state index contributed by atoms with van der Waals surface area (Å²) in [7, 11) is 0. The molecule has 20 heavy (non-hydrogen) atoms. The largest absolute Gasteiger partial charge is 0.372 e. The zero-order chi connectivity index (χ0) is 14.1. The SMILES string of the molecule is Cc1ccc(CC2Nc3ccccc3NC2=O)c(C)c1. The van der Waals surface area contributed by atoms with Crippen LogP contribution in [0.3, 0.4) is 0 Å². The van der Waals surface area contributed by atoms with E-state index in [1.54, 1.807) is 0 Å². The number of benzene rings is 2. The number of amides is 1. The van der Waals surface area contributed by atoms with Gasteiger partial charge in [-0.1, -0.05) is 35.9 Å². The molecule has 1 atom stereocenters. The average molecular weight is 266 g/mol. The number of rotatable bonds is 2. The molecule has 1 amide bonds. The fourth-order valence-electron chi connectivity index (χ4n) is 2.63. The molecule has 2 aromatic rings. The van der Waals surface area contributed by atoms with Gasteiger partial charge in [-0.2, -0.15) is 0 Å². The van der Waals surface area contributed by atoms with Crippen molar-refractivity contribution in [2.75, 3.05) is 10.6 Å². The van der Waals surface area contributed by atoms with Crippen molar-refractivity contribution in [3.63, 3.8) is 0 Å². The van der Waals surface area contributed by atoms with Crippen LogP contribution in [0.2, 0.25) is 0 Å². The number of hydrogen-bond donors (Lipinski definition) is 2. The van der Waals surface area contributed by atoms with Crippen molar-refractivity contribution in [3.8, 4) is 0 Å². The zero-order valence-electron chi connectivity index (χ0n) is 11.7. The van der Waals surface area contributed by atoms with E-state index in [-0.39, 0.29) is 11.9 Å². The Hall–Kier alpha value is -2.29. The van der Waals surface area contributed by atoms with E-state index in [9.17, 15) is 4.79 Å². The topological polar surface area (TPSA) is 41.1 Å². The van der Waals surface area contributed by atoms with Crippen LogP contribution < -0.4 is 10.6 Å². The molecular formula is C17H18N2O. The van der Waals surface area contributed by atoms with Crippen molar-refractivity contribution in [3.05, 3.63) is 59.2 Å². The number of nitrogens with one attached hydrogen (secondary N) is 2. The molecular weight excluding hydrogens is 248 g/mol. The van der Waals surface area contributed by atoms with Crippen LogP contribution in [0.4, 0.5) is 11.4 Å². The normalized spacial score (nSPS) is 17.1. The van der Waals surface area contributed by atoms with Crippen molar-refractivity contribution >= 4 is 17.3 Å². The Labute approximate surface area is 119 Å². The van der Waals surface area contributed by atoms with E-state index < -0.39 is 0 Å². The summed E-state index contributed by atoms with van der Waals surface area (Å²) >= 11 is 0. The first kappa shape index (κ1) is 12.7. The van der Waals surface area contributed by atoms with Gasteiger partial charge in [-0.3, -0.25) is 4.79 Å². The first-order chi connectivity index (χ1) is 9.63. The molecule has 0 fully saturated rings. The van der Waals surface area contributed by atoms with Gasteiger partial charge in [-0.25, -0.2) is 0 Å². The van der Waals surface area contributed by atoms with Crippen LogP contribution in [0.5, 0.6) is 0 Å². The summed E-state index contributed by atoms with van der Waals surface area (Å²) in [5.74, 6) is 0.0312. The molecule has 3 rings (SSSR count). The molecule has 0 aliphatic carbocycles. The van der Waals surface area contributed by atoms with Gasteiger partial charge in [-0.15, -0.1) is 0 Å². The van der Waals surface area contributed by atoms with Crippen LogP contribution in [0, 0.1) is 13.8 Å². The molecule has 1 aliphatic rings. The van der Waals surface area contributed by atoms with E-state index in [4.69, 9.17) is 0 Å². The molecule has 0 aromatic heterocycles. The van der Waals surface area contributed by atoms with Gasteiger partial charge < -0.3 is 10.6 Å². The van der Waals surface area contributed by atoms with Gasteiger partial charge in [0, 0.05) is 6.42 Å². The Kier molecular flexibility index (Phi) is 3.18. The summed E-state index contributed by atoms with van der Waals surface area (Å²) in [6.07, 6.45) is 0.701. The summed E-state index contributed by atoms with van der Waals surface area (Å²) in [6, 6.07) is 13.9. The number of anilines is 2. The Morgan fingerprint density at radius 3 is 2.55 bits per heavy atom. The zero-order valence-corrected chi connectivity index (χ0v) is 11.7. The van der Waals surface area contributed by atoms with Gasteiger partial charge in [0.15, 0.2) is 0 Å². The van der Waals surface area contributed by atoms with E-state index in [2.05, 4.69) is 42.7 Å². The minimum Gasteiger partial charge on any atom is -0.372 e. The highest BCUT2D eigenvalue weighted by Gasteiger charge is 2.25. The monoisotopic (exact) mass is 266 g/mol. The predicted octanol–water partition coefficient (Wildman–Crippen LogP) is 3.28. The number of para-hydroxylation sites is 2. The molecule has 3 nitrogen and oxygen atoms in total. The van der Waals surface area contributed by atoms with Crippen molar-refractivity contribution in [1.29, 1.82) is 0 Å². The minimum absolute atomic E-state index is 0.0312. The van der Waals surface area contributed by atoms with Crippen LogP contribution in [-0.4, -0.2) is 11.9 Å². The maximum atomic E-state index is 12.2. The molecule has 1 aliphatic heterocycles. The second kappa shape index (κ2) is 5.00. The molecule has 102 valence electrons. The molecule has 1 unspecified atom stereocenters. The molecule has 0 bridgehead atoms. The van der Waals surface area contributed by atoms with Crippen molar-refractivity contribution < 1.29 is 4.79 Å². The highest BCUT2D eigenvalue weighted by molar-refractivity contribution is 6.03. The molecule has 2 N–H and O–H groups in total. The van der Waals surface area contributed by atoms with Crippen LogP contribution >= 0.6 is 0 Å². The second-order valence-electron chi connectivity index (χ2n) is 5.37. The second-order valence-corrected chi connectivity index (χ2v) is 5.37. The summed E-state index contributed by atoms with van der Waals surface area (Å²) in [5.41, 5.74) is 5.54. The fraction of sp³-hybridized carbons (Fsp3) is 0.235. The van der Waals surface area contributed by atoms with Gasteiger partial charge in [0.05, 0.1) is 11.4 Å². The lowest BCUT2D eigenvalue weighted by Gasteiger charge is -2.27. The summed E-state index contributed by atoms with van der Waals surface area (Å²) in [6.45, 7) is 4.18. The fourth-order valence-corrected chi connectivity index (χ4v) is 2.63. The third-order valence-corrected chi connectivity index (χ3v) is 3.75. The molecule has 0 spiro atoms. The lowest BCUT2D eigenvalue weighted by Crippen LogP contribution is -2.40. The van der Waals surface area contributed by atoms with Crippen molar-refractivity contribution in [1.82, 2.24) is 0 Å². The Morgan fingerprint density at radius 1 is 1.05 bits per heavy atom. The van der Waals surface area contributed by atoms with Crippen LogP contribution in [0.15, 0.2) is 42.5 Å². The van der Waals surface area contributed by atoms with Crippen LogP contribution in [0.1, 0.15) is 16.7 Å². The molecule has 3 heteroatoms. The van der Waals surface area contributed by atoms with E-state index in [1.807, 2.05) is 24.3 Å². The molecule has 2 aromatic carbocycles. The summed E-state index contributed by atoms with van der Waals surface area (Å²) in [5, 5.41) is 6.28. The Bertz CT molecular complexity index is 664. The van der Waals surface area contributed by atoms with Gasteiger partial charge in [-0.05, 0) is 37.1 Å². The first-order valence-electron chi connectivity index (χ1n) is 6.86. The predicted molar refractivity (Wildman–Crippen MR) is 82.1 cm³/mol. The number of aryl methyl sites for hydroxylation is 2. The van der Waals surface area contributed by atoms with Crippen molar-refractivity contribution in [2.24, 2.45) is 0 Å². The number of carbonyl (C=O) groups excluding carboxylic acids is 1. The van der Waals surface area contributed by atoms with E-state index in [0.29, 0.717) is 6.42 Å². The maximum absolute atomic E-state index is 12.2. The third-order valence-electron chi connectivity index (χ3n) is 3.75. The minimum atomic E-state index is -0.216. The Balaban J connectivity index is 1.83. The average Bonchev–Trinajstić information content (AvgIpc) is 2.42. The van der Waals surface area contributed by atoms with Gasteiger partial charge in [0.2, 0.25) is 5.91 Å². The third kappa shape index (κ3) is 2.39.